The molecule has 2 aromatic rings. The fourth-order valence-corrected chi connectivity index (χ4v) is 2.64. The lowest BCUT2D eigenvalue weighted by Gasteiger charge is -2.20. The van der Waals surface area contributed by atoms with Gasteiger partial charge in [-0.05, 0) is 25.4 Å². The van der Waals surface area contributed by atoms with E-state index in [1.54, 1.807) is 9.58 Å². The second-order valence-corrected chi connectivity index (χ2v) is 6.55. The number of rotatable bonds is 5. The number of aromatic nitrogens is 5. The molecule has 9 nitrogen and oxygen atoms in total. The number of hydrogen-bond donors (Lipinski definition) is 1. The number of hydrogen-bond acceptors (Lipinski definition) is 8. The fraction of sp³-hybridized carbons (Fsp3) is 0.714. The van der Waals surface area contributed by atoms with Crippen molar-refractivity contribution < 1.29 is 9.63 Å². The highest BCUT2D eigenvalue weighted by Crippen LogP contribution is 2.31. The summed E-state index contributed by atoms with van der Waals surface area (Å²) in [6.07, 6.45) is 2.43. The Labute approximate surface area is 134 Å². The van der Waals surface area contributed by atoms with Crippen LogP contribution < -0.4 is 4.90 Å². The number of likely N-dealkylation sites (tertiary alicyclic amines) is 1. The second-order valence-electron chi connectivity index (χ2n) is 6.55. The van der Waals surface area contributed by atoms with Crippen LogP contribution in [-0.4, -0.2) is 62.3 Å². The molecular formula is C14H23N7O2. The fourth-order valence-electron chi connectivity index (χ4n) is 2.64. The topological polar surface area (TPSA) is 96.3 Å². The highest BCUT2D eigenvalue weighted by atomic mass is 16.5. The molecule has 1 aliphatic heterocycles. The Hall–Kier alpha value is -2.00. The Morgan fingerprint density at radius 1 is 1.43 bits per heavy atom. The molecule has 1 fully saturated rings. The van der Waals surface area contributed by atoms with Crippen LogP contribution in [-0.2, 0) is 12.1 Å². The molecule has 1 aliphatic rings. The maximum absolute atomic E-state index is 10.9. The van der Waals surface area contributed by atoms with Gasteiger partial charge in [-0.25, -0.2) is 4.68 Å². The first-order valence-corrected chi connectivity index (χ1v) is 7.74. The van der Waals surface area contributed by atoms with Gasteiger partial charge in [-0.1, -0.05) is 5.21 Å². The minimum atomic E-state index is -0.975. The number of aliphatic hydroxyl groups is 1. The van der Waals surface area contributed by atoms with Gasteiger partial charge >= 0.3 is 0 Å². The van der Waals surface area contributed by atoms with Crippen LogP contribution in [0.3, 0.4) is 0 Å². The SMILES string of the molecule is CC(C)n1cc([C@@]2(O)CCN(Cc3nc(N(C)C)no3)C2)nn1. The molecule has 0 spiro atoms. The van der Waals surface area contributed by atoms with Crippen LogP contribution in [0.1, 0.15) is 37.9 Å². The van der Waals surface area contributed by atoms with Gasteiger partial charge in [0.1, 0.15) is 11.3 Å². The third-order valence-electron chi connectivity index (χ3n) is 4.06. The molecule has 0 aromatic carbocycles. The summed E-state index contributed by atoms with van der Waals surface area (Å²) in [7, 11) is 3.72. The van der Waals surface area contributed by atoms with Crippen LogP contribution in [0.5, 0.6) is 0 Å². The van der Waals surface area contributed by atoms with Crippen molar-refractivity contribution in [2.24, 2.45) is 0 Å². The predicted molar refractivity (Wildman–Crippen MR) is 82.8 cm³/mol. The van der Waals surface area contributed by atoms with Crippen molar-refractivity contribution in [3.8, 4) is 0 Å². The van der Waals surface area contributed by atoms with E-state index >= 15 is 0 Å². The Balaban J connectivity index is 1.66. The molecule has 23 heavy (non-hydrogen) atoms. The summed E-state index contributed by atoms with van der Waals surface area (Å²) in [5, 5.41) is 23.0. The molecule has 1 saturated heterocycles. The van der Waals surface area contributed by atoms with E-state index in [0.717, 1.165) is 6.54 Å². The first-order valence-electron chi connectivity index (χ1n) is 7.74. The lowest BCUT2D eigenvalue weighted by molar-refractivity contribution is 0.0397. The highest BCUT2D eigenvalue weighted by molar-refractivity contribution is 5.23. The van der Waals surface area contributed by atoms with E-state index in [9.17, 15) is 5.11 Å². The summed E-state index contributed by atoms with van der Waals surface area (Å²) in [6, 6.07) is 0.222. The van der Waals surface area contributed by atoms with Gasteiger partial charge in [0.05, 0.1) is 12.7 Å². The number of β-amino-alcohol motifs (C(OH)–C–C–N with tert-alkyl or cyclic N) is 1. The van der Waals surface area contributed by atoms with Gasteiger partial charge in [-0.3, -0.25) is 4.90 Å². The molecule has 126 valence electrons. The minimum absolute atomic E-state index is 0.222. The molecular weight excluding hydrogens is 298 g/mol. The Kier molecular flexibility index (Phi) is 4.07. The van der Waals surface area contributed by atoms with Crippen LogP contribution in [0.2, 0.25) is 0 Å². The van der Waals surface area contributed by atoms with Gasteiger partial charge in [0.25, 0.3) is 5.95 Å². The molecule has 0 unspecified atom stereocenters. The summed E-state index contributed by atoms with van der Waals surface area (Å²) in [5.41, 5.74) is -0.356. The third-order valence-corrected chi connectivity index (χ3v) is 4.06. The van der Waals surface area contributed by atoms with Gasteiger partial charge in [-0.15, -0.1) is 5.10 Å². The van der Waals surface area contributed by atoms with Crippen molar-refractivity contribution in [2.75, 3.05) is 32.1 Å². The zero-order valence-electron chi connectivity index (χ0n) is 14.0. The van der Waals surface area contributed by atoms with E-state index in [4.69, 9.17) is 4.52 Å². The molecule has 3 rings (SSSR count). The van der Waals surface area contributed by atoms with Crippen molar-refractivity contribution in [2.45, 2.75) is 38.5 Å². The molecule has 0 saturated carbocycles. The number of anilines is 1. The van der Waals surface area contributed by atoms with E-state index < -0.39 is 5.60 Å². The van der Waals surface area contributed by atoms with Crippen molar-refractivity contribution in [1.82, 2.24) is 30.0 Å². The lowest BCUT2D eigenvalue weighted by atomic mass is 10.00. The Bertz CT molecular complexity index is 666. The maximum Gasteiger partial charge on any atom is 0.265 e. The Morgan fingerprint density at radius 3 is 2.83 bits per heavy atom. The van der Waals surface area contributed by atoms with E-state index in [1.165, 1.54) is 0 Å². The van der Waals surface area contributed by atoms with Gasteiger partial charge in [-0.2, -0.15) is 4.98 Å². The van der Waals surface area contributed by atoms with Crippen molar-refractivity contribution >= 4 is 5.95 Å². The van der Waals surface area contributed by atoms with Crippen molar-refractivity contribution in [3.63, 3.8) is 0 Å². The third kappa shape index (κ3) is 3.20. The first-order chi connectivity index (χ1) is 10.9. The summed E-state index contributed by atoms with van der Waals surface area (Å²) >= 11 is 0. The zero-order chi connectivity index (χ0) is 16.6. The van der Waals surface area contributed by atoms with Crippen molar-refractivity contribution in [3.05, 3.63) is 17.8 Å². The van der Waals surface area contributed by atoms with Crippen LogP contribution >= 0.6 is 0 Å². The normalized spacial score (nSPS) is 22.2. The van der Waals surface area contributed by atoms with E-state index in [-0.39, 0.29) is 6.04 Å². The van der Waals surface area contributed by atoms with E-state index in [0.29, 0.717) is 37.0 Å². The standard InChI is InChI=1S/C14H23N7O2/c1-10(2)21-7-11(16-18-21)14(22)5-6-20(9-14)8-12-15-13(17-23-12)19(3)4/h7,10,22H,5-6,8-9H2,1-4H3/t14-/m1/s1. The van der Waals surface area contributed by atoms with Crippen LogP contribution in [0.15, 0.2) is 10.7 Å². The molecule has 0 aliphatic carbocycles. The molecule has 0 bridgehead atoms. The van der Waals surface area contributed by atoms with Gasteiger partial charge in [0, 0.05) is 33.2 Å². The largest absolute Gasteiger partial charge is 0.382 e. The monoisotopic (exact) mass is 321 g/mol. The van der Waals surface area contributed by atoms with E-state index in [1.807, 2.05) is 34.1 Å². The maximum atomic E-state index is 10.9. The molecule has 3 heterocycles. The summed E-state index contributed by atoms with van der Waals surface area (Å²) < 4.78 is 7.00. The molecule has 0 amide bonds. The summed E-state index contributed by atoms with van der Waals surface area (Å²) in [6.45, 7) is 5.79. The van der Waals surface area contributed by atoms with Crippen LogP contribution in [0.4, 0.5) is 5.95 Å². The van der Waals surface area contributed by atoms with Gasteiger partial charge in [0.2, 0.25) is 5.89 Å². The van der Waals surface area contributed by atoms with Gasteiger partial charge < -0.3 is 14.5 Å². The van der Waals surface area contributed by atoms with Crippen LogP contribution in [0, 0.1) is 0 Å². The number of nitrogens with zero attached hydrogens (tertiary/aromatic N) is 7. The molecule has 1 atom stereocenters. The van der Waals surface area contributed by atoms with Crippen LogP contribution in [0.25, 0.3) is 0 Å². The quantitative estimate of drug-likeness (QED) is 0.845. The smallest absolute Gasteiger partial charge is 0.265 e. The second kappa shape index (κ2) is 5.89. The highest BCUT2D eigenvalue weighted by Gasteiger charge is 2.40. The summed E-state index contributed by atoms with van der Waals surface area (Å²) in [4.78, 5) is 8.19. The predicted octanol–water partition coefficient (Wildman–Crippen LogP) is 0.401. The molecule has 0 radical (unpaired) electrons. The lowest BCUT2D eigenvalue weighted by Crippen LogP contribution is -2.31. The molecule has 1 N–H and O–H groups in total. The minimum Gasteiger partial charge on any atom is -0.382 e. The average Bonchev–Trinajstić information content (AvgIpc) is 3.19. The Morgan fingerprint density at radius 2 is 2.22 bits per heavy atom. The van der Waals surface area contributed by atoms with E-state index in [2.05, 4.69) is 25.4 Å². The zero-order valence-corrected chi connectivity index (χ0v) is 14.0. The van der Waals surface area contributed by atoms with Gasteiger partial charge in [0.15, 0.2) is 0 Å². The average molecular weight is 321 g/mol. The molecule has 2 aromatic heterocycles. The first kappa shape index (κ1) is 15.9. The van der Waals surface area contributed by atoms with Crippen molar-refractivity contribution in [1.29, 1.82) is 0 Å². The molecule has 9 heteroatoms. The summed E-state index contributed by atoms with van der Waals surface area (Å²) in [5.74, 6) is 1.10.